The average molecular weight is 147 g/mol. The summed E-state index contributed by atoms with van der Waals surface area (Å²) in [6.45, 7) is 0. The van der Waals surface area contributed by atoms with Crippen molar-refractivity contribution in [3.63, 3.8) is 0 Å². The van der Waals surface area contributed by atoms with E-state index in [1.165, 1.54) is 0 Å². The Morgan fingerprint density at radius 3 is 1.40 bits per heavy atom. The molecule has 2 N–H and O–H groups in total. The number of carboxylic acid groups (broad SMARTS) is 2. The Morgan fingerprint density at radius 2 is 1.40 bits per heavy atom. The van der Waals surface area contributed by atoms with Crippen molar-refractivity contribution in [2.24, 2.45) is 0 Å². The van der Waals surface area contributed by atoms with Gasteiger partial charge in [0, 0.05) is 0 Å². The minimum Gasteiger partial charge on any atom is -0.450 e. The molecule has 24 valence electrons. The molecule has 0 bridgehead atoms. The molecule has 0 radical (unpaired) electrons. The fraction of sp³-hybridized carbons (Fsp3) is 0. The standard InChI is InChI=1S/CH2O3.Rb/c2-1(3)4;/h(H2,2,3,4);/q;+1. The summed E-state index contributed by atoms with van der Waals surface area (Å²) >= 11 is 0. The zero-order chi connectivity index (χ0) is 3.58. The number of rotatable bonds is 0. The molecule has 5 heavy (non-hydrogen) atoms. The molecule has 0 amide bonds. The van der Waals surface area contributed by atoms with E-state index in [-0.39, 0.29) is 58.2 Å². The third-order valence-corrected chi connectivity index (χ3v) is 0. The SMILES string of the molecule is O=C(O)O.[Rb+]. The molecule has 0 aromatic carbocycles. The van der Waals surface area contributed by atoms with Gasteiger partial charge in [-0.05, 0) is 0 Å². The van der Waals surface area contributed by atoms with Crippen LogP contribution in [-0.2, 0) is 0 Å². The fourth-order valence-corrected chi connectivity index (χ4v) is 0. The van der Waals surface area contributed by atoms with Gasteiger partial charge in [-0.15, -0.1) is 0 Å². The van der Waals surface area contributed by atoms with Gasteiger partial charge in [0.1, 0.15) is 0 Å². The summed E-state index contributed by atoms with van der Waals surface area (Å²) in [6, 6.07) is 0. The molecule has 3 nitrogen and oxygen atoms in total. The van der Waals surface area contributed by atoms with E-state index in [0.29, 0.717) is 0 Å². The molecule has 0 fully saturated rings. The molecular formula is CH2O3Rb+. The second kappa shape index (κ2) is 5.08. The van der Waals surface area contributed by atoms with E-state index in [4.69, 9.17) is 15.0 Å². The Hall–Kier alpha value is 1.08. The van der Waals surface area contributed by atoms with E-state index in [2.05, 4.69) is 0 Å². The van der Waals surface area contributed by atoms with Crippen molar-refractivity contribution < 1.29 is 73.2 Å². The summed E-state index contributed by atoms with van der Waals surface area (Å²) in [5, 5.41) is 13.9. The van der Waals surface area contributed by atoms with E-state index in [1.807, 2.05) is 0 Å². The van der Waals surface area contributed by atoms with Crippen LogP contribution < -0.4 is 58.2 Å². The van der Waals surface area contributed by atoms with Crippen molar-refractivity contribution in [3.05, 3.63) is 0 Å². The normalized spacial score (nSPS) is 4.80. The van der Waals surface area contributed by atoms with Crippen molar-refractivity contribution in [2.75, 3.05) is 0 Å². The molecular weight excluding hydrogens is 145 g/mol. The van der Waals surface area contributed by atoms with E-state index in [1.54, 1.807) is 0 Å². The molecule has 0 aliphatic carbocycles. The number of hydrogen-bond acceptors (Lipinski definition) is 1. The van der Waals surface area contributed by atoms with Gasteiger partial charge in [0.15, 0.2) is 0 Å². The van der Waals surface area contributed by atoms with Crippen LogP contribution in [0.4, 0.5) is 4.79 Å². The fourth-order valence-electron chi connectivity index (χ4n) is 0. The molecule has 4 heteroatoms. The van der Waals surface area contributed by atoms with Gasteiger partial charge in [-0.2, -0.15) is 0 Å². The molecule has 0 aromatic rings. The minimum atomic E-state index is -1.83. The smallest absolute Gasteiger partial charge is 0.450 e. The van der Waals surface area contributed by atoms with Crippen LogP contribution in [0.25, 0.3) is 0 Å². The van der Waals surface area contributed by atoms with Gasteiger partial charge in [0.25, 0.3) is 0 Å². The molecule has 0 atom stereocenters. The Bertz CT molecular complexity index is 29.9. The zero-order valence-electron chi connectivity index (χ0n) is 2.80. The maximum atomic E-state index is 8.56. The van der Waals surface area contributed by atoms with Crippen LogP contribution in [0, 0.1) is 0 Å². The molecule has 0 aliphatic rings. The predicted molar refractivity (Wildman–Crippen MR) is 10.7 cm³/mol. The molecule has 0 saturated heterocycles. The molecule has 0 aromatic heterocycles. The number of carbonyl (C=O) groups is 1. The predicted octanol–water partition coefficient (Wildman–Crippen LogP) is -2.77. The first-order valence-electron chi connectivity index (χ1n) is 0.651. The Labute approximate surface area is 77.8 Å². The first-order chi connectivity index (χ1) is 1.73. The topological polar surface area (TPSA) is 57.5 Å². The van der Waals surface area contributed by atoms with E-state index in [9.17, 15) is 0 Å². The molecule has 0 rings (SSSR count). The summed E-state index contributed by atoms with van der Waals surface area (Å²) in [7, 11) is 0. The van der Waals surface area contributed by atoms with Crippen LogP contribution in [0.2, 0.25) is 0 Å². The molecule has 0 unspecified atom stereocenters. The second-order valence-corrected chi connectivity index (χ2v) is 0.283. The second-order valence-electron chi connectivity index (χ2n) is 0.283. The van der Waals surface area contributed by atoms with Crippen LogP contribution in [-0.4, -0.2) is 16.4 Å². The van der Waals surface area contributed by atoms with Gasteiger partial charge in [-0.1, -0.05) is 0 Å². The van der Waals surface area contributed by atoms with Crippen molar-refractivity contribution in [2.45, 2.75) is 0 Å². The molecule has 0 spiro atoms. The summed E-state index contributed by atoms with van der Waals surface area (Å²) in [5.41, 5.74) is 0. The van der Waals surface area contributed by atoms with Crippen molar-refractivity contribution in [1.82, 2.24) is 0 Å². The Morgan fingerprint density at radius 1 is 1.40 bits per heavy atom. The largest absolute Gasteiger partial charge is 1.00 e. The third kappa shape index (κ3) is 41.5. The van der Waals surface area contributed by atoms with Crippen molar-refractivity contribution >= 4 is 6.16 Å². The monoisotopic (exact) mass is 147 g/mol. The van der Waals surface area contributed by atoms with E-state index >= 15 is 0 Å². The van der Waals surface area contributed by atoms with Gasteiger partial charge in [0.2, 0.25) is 0 Å². The number of hydrogen-bond donors (Lipinski definition) is 2. The van der Waals surface area contributed by atoms with Gasteiger partial charge in [0.05, 0.1) is 0 Å². The van der Waals surface area contributed by atoms with Crippen LogP contribution in [0.3, 0.4) is 0 Å². The first-order valence-corrected chi connectivity index (χ1v) is 0.651. The van der Waals surface area contributed by atoms with Gasteiger partial charge < -0.3 is 10.2 Å². The summed E-state index contributed by atoms with van der Waals surface area (Å²) in [4.78, 5) is 8.56. The third-order valence-electron chi connectivity index (χ3n) is 0. The van der Waals surface area contributed by atoms with E-state index < -0.39 is 6.16 Å². The molecule has 0 aliphatic heterocycles. The maximum Gasteiger partial charge on any atom is 1.00 e. The summed E-state index contributed by atoms with van der Waals surface area (Å²) < 4.78 is 0. The zero-order valence-corrected chi connectivity index (χ0v) is 7.72. The molecule has 0 heterocycles. The van der Waals surface area contributed by atoms with Crippen LogP contribution in [0.5, 0.6) is 0 Å². The summed E-state index contributed by atoms with van der Waals surface area (Å²) in [6.07, 6.45) is -1.83. The van der Waals surface area contributed by atoms with Gasteiger partial charge >= 0.3 is 64.3 Å². The Kier molecular flexibility index (Phi) is 9.56. The van der Waals surface area contributed by atoms with Gasteiger partial charge in [-0.3, -0.25) is 0 Å². The Balaban J connectivity index is 0. The van der Waals surface area contributed by atoms with Gasteiger partial charge in [-0.25, -0.2) is 4.79 Å². The molecule has 0 saturated carbocycles. The average Bonchev–Trinajstić information content (AvgIpc) is 0.811. The van der Waals surface area contributed by atoms with Crippen LogP contribution in [0.1, 0.15) is 0 Å². The maximum absolute atomic E-state index is 8.56. The van der Waals surface area contributed by atoms with Crippen LogP contribution >= 0.6 is 0 Å². The van der Waals surface area contributed by atoms with E-state index in [0.717, 1.165) is 0 Å². The minimum absolute atomic E-state index is 0. The first kappa shape index (κ1) is 9.42. The van der Waals surface area contributed by atoms with Crippen molar-refractivity contribution in [1.29, 1.82) is 0 Å². The van der Waals surface area contributed by atoms with Crippen LogP contribution in [0.15, 0.2) is 0 Å². The summed E-state index contributed by atoms with van der Waals surface area (Å²) in [5.74, 6) is 0. The quantitative estimate of drug-likeness (QED) is 0.390. The van der Waals surface area contributed by atoms with Crippen molar-refractivity contribution in [3.8, 4) is 0 Å².